The minimum atomic E-state index is -0.642. The molecule has 0 atom stereocenters. The molecule has 0 heterocycles. The first-order valence-corrected chi connectivity index (χ1v) is 4.68. The van der Waals surface area contributed by atoms with E-state index in [1.54, 1.807) is 0 Å². The first-order valence-electron chi connectivity index (χ1n) is 3.10. The molecule has 1 aromatic rings. The minimum Gasteiger partial charge on any atom is -0.326 e. The fourth-order valence-electron chi connectivity index (χ4n) is 0.791. The molecule has 0 radical (unpaired) electrons. The van der Waals surface area contributed by atoms with Gasteiger partial charge in [-0.2, -0.15) is 0 Å². The summed E-state index contributed by atoms with van der Waals surface area (Å²) in [6.07, 6.45) is 0. The zero-order valence-electron chi connectivity index (χ0n) is 5.87. The third-order valence-corrected chi connectivity index (χ3v) is 3.60. The second kappa shape index (κ2) is 3.81. The van der Waals surface area contributed by atoms with Gasteiger partial charge in [0.1, 0.15) is 11.6 Å². The summed E-state index contributed by atoms with van der Waals surface area (Å²) in [6, 6.07) is 0.803. The van der Waals surface area contributed by atoms with E-state index in [9.17, 15) is 8.78 Å². The molecule has 5 heteroatoms. The molecule has 0 bridgehead atoms. The van der Waals surface area contributed by atoms with Gasteiger partial charge in [-0.1, -0.05) is 0 Å². The zero-order chi connectivity index (χ0) is 9.30. The quantitative estimate of drug-likeness (QED) is 0.626. The van der Waals surface area contributed by atoms with Crippen molar-refractivity contribution in [2.45, 2.75) is 6.54 Å². The van der Waals surface area contributed by atoms with Gasteiger partial charge in [-0.05, 0) is 31.9 Å². The van der Waals surface area contributed by atoms with Crippen molar-refractivity contribution in [3.63, 3.8) is 0 Å². The molecule has 1 rings (SSSR count). The van der Waals surface area contributed by atoms with Crippen molar-refractivity contribution in [2.24, 2.45) is 5.73 Å². The van der Waals surface area contributed by atoms with Crippen LogP contribution in [0.15, 0.2) is 15.0 Å². The summed E-state index contributed by atoms with van der Waals surface area (Å²) in [6.45, 7) is 0.0330. The number of benzene rings is 1. The van der Waals surface area contributed by atoms with Crippen LogP contribution in [-0.2, 0) is 6.54 Å². The third-order valence-electron chi connectivity index (χ3n) is 1.41. The van der Waals surface area contributed by atoms with Crippen molar-refractivity contribution in [2.75, 3.05) is 0 Å². The maximum atomic E-state index is 12.9. The van der Waals surface area contributed by atoms with E-state index in [1.807, 2.05) is 0 Å². The summed E-state index contributed by atoms with van der Waals surface area (Å²) in [4.78, 5) is 0. The second-order valence-electron chi connectivity index (χ2n) is 2.15. The van der Waals surface area contributed by atoms with Crippen molar-refractivity contribution in [1.29, 1.82) is 0 Å². The molecular formula is C7H5Br2F2N. The fourth-order valence-corrected chi connectivity index (χ4v) is 1.69. The van der Waals surface area contributed by atoms with Gasteiger partial charge in [-0.3, -0.25) is 0 Å². The highest BCUT2D eigenvalue weighted by Gasteiger charge is 2.13. The lowest BCUT2D eigenvalue weighted by molar-refractivity contribution is 0.566. The Balaban J connectivity index is 3.40. The van der Waals surface area contributed by atoms with Crippen LogP contribution in [0.5, 0.6) is 0 Å². The normalized spacial score (nSPS) is 10.4. The van der Waals surface area contributed by atoms with Crippen LogP contribution in [0, 0.1) is 11.6 Å². The predicted octanol–water partition coefficient (Wildman–Crippen LogP) is 2.95. The lowest BCUT2D eigenvalue weighted by Gasteiger charge is -2.05. The Morgan fingerprint density at radius 2 is 1.75 bits per heavy atom. The largest absolute Gasteiger partial charge is 0.326 e. The molecule has 66 valence electrons. The van der Waals surface area contributed by atoms with E-state index in [1.165, 1.54) is 0 Å². The van der Waals surface area contributed by atoms with Crippen LogP contribution in [0.2, 0.25) is 0 Å². The van der Waals surface area contributed by atoms with Crippen LogP contribution in [-0.4, -0.2) is 0 Å². The Kier molecular flexibility index (Phi) is 3.20. The second-order valence-corrected chi connectivity index (χ2v) is 3.74. The van der Waals surface area contributed by atoms with Gasteiger partial charge >= 0.3 is 0 Å². The van der Waals surface area contributed by atoms with Gasteiger partial charge < -0.3 is 5.73 Å². The van der Waals surface area contributed by atoms with Crippen molar-refractivity contribution >= 4 is 31.9 Å². The van der Waals surface area contributed by atoms with E-state index in [0.29, 0.717) is 4.47 Å². The summed E-state index contributed by atoms with van der Waals surface area (Å²) < 4.78 is 26.3. The predicted molar refractivity (Wildman–Crippen MR) is 49.6 cm³/mol. The number of halogens is 4. The molecule has 0 spiro atoms. The van der Waals surface area contributed by atoms with Crippen molar-refractivity contribution in [1.82, 2.24) is 0 Å². The molecule has 0 aliphatic carbocycles. The Labute approximate surface area is 85.2 Å². The number of nitrogens with two attached hydrogens (primary N) is 1. The van der Waals surface area contributed by atoms with Crippen LogP contribution < -0.4 is 5.73 Å². The number of hydrogen-bond donors (Lipinski definition) is 1. The molecule has 0 unspecified atom stereocenters. The van der Waals surface area contributed by atoms with Gasteiger partial charge in [0.15, 0.2) is 0 Å². The van der Waals surface area contributed by atoms with Gasteiger partial charge in [0.2, 0.25) is 0 Å². The highest BCUT2D eigenvalue weighted by molar-refractivity contribution is 9.13. The van der Waals surface area contributed by atoms with Crippen molar-refractivity contribution in [3.05, 3.63) is 32.2 Å². The molecular weight excluding hydrogens is 296 g/mol. The third kappa shape index (κ3) is 1.67. The minimum absolute atomic E-state index is 0.0330. The number of hydrogen-bond acceptors (Lipinski definition) is 1. The fraction of sp³-hybridized carbons (Fsp3) is 0.143. The van der Waals surface area contributed by atoms with Gasteiger partial charge in [0.05, 0.1) is 4.47 Å². The summed E-state index contributed by atoms with van der Waals surface area (Å²) >= 11 is 6.00. The van der Waals surface area contributed by atoms with E-state index in [4.69, 9.17) is 5.73 Å². The smallest absolute Gasteiger partial charge is 0.141 e. The monoisotopic (exact) mass is 299 g/mol. The molecule has 0 aliphatic heterocycles. The average molecular weight is 301 g/mol. The maximum absolute atomic E-state index is 12.9. The highest BCUT2D eigenvalue weighted by atomic mass is 79.9. The Morgan fingerprint density at radius 1 is 1.17 bits per heavy atom. The summed E-state index contributed by atoms with van der Waals surface area (Å²) in [5, 5.41) is 0. The molecule has 0 amide bonds. The van der Waals surface area contributed by atoms with Crippen LogP contribution in [0.4, 0.5) is 8.78 Å². The van der Waals surface area contributed by atoms with Crippen molar-refractivity contribution < 1.29 is 8.78 Å². The molecule has 0 saturated carbocycles. The van der Waals surface area contributed by atoms with E-state index in [-0.39, 0.29) is 16.6 Å². The number of rotatable bonds is 1. The molecule has 1 aromatic carbocycles. The van der Waals surface area contributed by atoms with Gasteiger partial charge in [-0.25, -0.2) is 8.78 Å². The van der Waals surface area contributed by atoms with Crippen LogP contribution in [0.3, 0.4) is 0 Å². The Morgan fingerprint density at radius 3 is 2.25 bits per heavy atom. The molecule has 0 saturated heterocycles. The SMILES string of the molecule is NCc1c(F)cc(F)c(Br)c1Br. The van der Waals surface area contributed by atoms with Gasteiger partial charge in [0, 0.05) is 22.6 Å². The van der Waals surface area contributed by atoms with Crippen LogP contribution in [0.1, 0.15) is 5.56 Å². The summed E-state index contributed by atoms with van der Waals surface area (Å²) in [7, 11) is 0. The molecule has 1 nitrogen and oxygen atoms in total. The molecule has 0 fully saturated rings. The Hall–Kier alpha value is 0. The van der Waals surface area contributed by atoms with Crippen molar-refractivity contribution in [3.8, 4) is 0 Å². The summed E-state index contributed by atoms with van der Waals surface area (Å²) in [5.74, 6) is -1.28. The van der Waals surface area contributed by atoms with E-state index >= 15 is 0 Å². The topological polar surface area (TPSA) is 26.0 Å². The molecule has 12 heavy (non-hydrogen) atoms. The van der Waals surface area contributed by atoms with Crippen LogP contribution in [0.25, 0.3) is 0 Å². The lowest BCUT2D eigenvalue weighted by atomic mass is 10.2. The highest BCUT2D eigenvalue weighted by Crippen LogP contribution is 2.30. The standard InChI is InChI=1S/C7H5Br2F2N/c8-6-3(2-12)4(10)1-5(11)7(6)9/h1H,2,12H2. The lowest BCUT2D eigenvalue weighted by Crippen LogP contribution is -2.02. The average Bonchev–Trinajstić information content (AvgIpc) is 2.01. The van der Waals surface area contributed by atoms with E-state index < -0.39 is 11.6 Å². The maximum Gasteiger partial charge on any atom is 0.141 e. The van der Waals surface area contributed by atoms with E-state index in [2.05, 4.69) is 31.9 Å². The van der Waals surface area contributed by atoms with Gasteiger partial charge in [-0.15, -0.1) is 0 Å². The first-order chi connectivity index (χ1) is 5.57. The zero-order valence-corrected chi connectivity index (χ0v) is 9.05. The van der Waals surface area contributed by atoms with Crippen LogP contribution >= 0.6 is 31.9 Å². The molecule has 0 aromatic heterocycles. The molecule has 0 aliphatic rings. The molecule has 2 N–H and O–H groups in total. The van der Waals surface area contributed by atoms with Gasteiger partial charge in [0.25, 0.3) is 0 Å². The van der Waals surface area contributed by atoms with E-state index in [0.717, 1.165) is 6.07 Å². The first kappa shape index (κ1) is 10.1. The Bertz CT molecular complexity index is 315. The summed E-state index contributed by atoms with van der Waals surface area (Å²) in [5.41, 5.74) is 5.52.